The van der Waals surface area contributed by atoms with Gasteiger partial charge in [0, 0.05) is 23.7 Å². The van der Waals surface area contributed by atoms with Crippen molar-refractivity contribution in [3.8, 4) is 0 Å². The molecule has 5 nitrogen and oxygen atoms in total. The molecule has 0 aliphatic carbocycles. The fraction of sp³-hybridized carbons (Fsp3) is 0.286. The second-order valence-electron chi connectivity index (χ2n) is 8.87. The monoisotopic (exact) mass is 474 g/mol. The molecule has 1 heterocycles. The number of imidazole rings is 1. The van der Waals surface area contributed by atoms with Crippen LogP contribution in [0.5, 0.6) is 0 Å². The third-order valence-corrected chi connectivity index (χ3v) is 6.31. The molecule has 2 N–H and O–H groups in total. The third kappa shape index (κ3) is 5.16. The van der Waals surface area contributed by atoms with Crippen molar-refractivity contribution >= 4 is 28.5 Å². The molecule has 6 heteroatoms. The highest BCUT2D eigenvalue weighted by molar-refractivity contribution is 6.30. The smallest absolute Gasteiger partial charge is 0.254 e. The van der Waals surface area contributed by atoms with Crippen LogP contribution in [0, 0.1) is 5.92 Å². The molecule has 1 atom stereocenters. The van der Waals surface area contributed by atoms with Gasteiger partial charge in [0.15, 0.2) is 0 Å². The maximum absolute atomic E-state index is 13.8. The molecule has 0 fully saturated rings. The Kier molecular flexibility index (Phi) is 7.66. The molecule has 3 aromatic carbocycles. The summed E-state index contributed by atoms with van der Waals surface area (Å²) in [4.78, 5) is 20.8. The highest BCUT2D eigenvalue weighted by Crippen LogP contribution is 2.33. The Labute approximate surface area is 206 Å². The van der Waals surface area contributed by atoms with Crippen molar-refractivity contribution in [2.45, 2.75) is 32.9 Å². The van der Waals surface area contributed by atoms with E-state index in [9.17, 15) is 4.79 Å². The van der Waals surface area contributed by atoms with Crippen molar-refractivity contribution in [1.29, 1.82) is 0 Å². The second-order valence-corrected chi connectivity index (χ2v) is 9.30. The molecule has 176 valence electrons. The number of carbonyl (C=O) groups is 1. The lowest BCUT2D eigenvalue weighted by Gasteiger charge is -2.34. The van der Waals surface area contributed by atoms with Crippen LogP contribution in [0.2, 0.25) is 5.02 Å². The molecule has 1 aromatic heterocycles. The van der Waals surface area contributed by atoms with Gasteiger partial charge < -0.3 is 15.2 Å². The van der Waals surface area contributed by atoms with Gasteiger partial charge in [0.1, 0.15) is 5.82 Å². The van der Waals surface area contributed by atoms with Crippen LogP contribution in [0.4, 0.5) is 0 Å². The molecule has 0 radical (unpaired) electrons. The first-order chi connectivity index (χ1) is 16.5. The summed E-state index contributed by atoms with van der Waals surface area (Å²) in [7, 11) is 0. The number of benzene rings is 3. The minimum absolute atomic E-state index is 0.0397. The average Bonchev–Trinajstić information content (AvgIpc) is 3.19. The molecule has 0 aliphatic heterocycles. The van der Waals surface area contributed by atoms with Crippen LogP contribution in [-0.4, -0.2) is 33.4 Å². The molecule has 4 aromatic rings. The van der Waals surface area contributed by atoms with Crippen LogP contribution in [0.25, 0.3) is 11.0 Å². The number of carbonyl (C=O) groups excluding carboxylic acids is 1. The van der Waals surface area contributed by atoms with Crippen LogP contribution >= 0.6 is 11.6 Å². The highest BCUT2D eigenvalue weighted by Gasteiger charge is 2.32. The predicted molar refractivity (Wildman–Crippen MR) is 139 cm³/mol. The Balaban J connectivity index is 1.83. The topological polar surface area (TPSA) is 64.2 Å². The molecular weight excluding hydrogens is 444 g/mol. The minimum atomic E-state index is -0.217. The first-order valence-corrected chi connectivity index (χ1v) is 12.1. The lowest BCUT2D eigenvalue weighted by atomic mass is 9.99. The van der Waals surface area contributed by atoms with Gasteiger partial charge >= 0.3 is 0 Å². The van der Waals surface area contributed by atoms with Crippen molar-refractivity contribution in [2.24, 2.45) is 11.7 Å². The molecule has 0 aliphatic rings. The molecule has 0 unspecified atom stereocenters. The minimum Gasteiger partial charge on any atom is -0.330 e. The fourth-order valence-corrected chi connectivity index (χ4v) is 4.56. The Morgan fingerprint density at radius 3 is 2.35 bits per heavy atom. The molecule has 1 amide bonds. The fourth-order valence-electron chi connectivity index (χ4n) is 4.44. The van der Waals surface area contributed by atoms with E-state index in [4.69, 9.17) is 22.3 Å². The van der Waals surface area contributed by atoms with Gasteiger partial charge in [-0.2, -0.15) is 0 Å². The van der Waals surface area contributed by atoms with Crippen LogP contribution in [0.1, 0.15) is 48.1 Å². The van der Waals surface area contributed by atoms with Crippen LogP contribution in [0.3, 0.4) is 0 Å². The van der Waals surface area contributed by atoms with E-state index < -0.39 is 0 Å². The lowest BCUT2D eigenvalue weighted by molar-refractivity contribution is 0.0605. The Bertz CT molecular complexity index is 1230. The summed E-state index contributed by atoms with van der Waals surface area (Å²) in [6.07, 6.45) is 0.710. The number of para-hydroxylation sites is 2. The molecule has 0 saturated heterocycles. The summed E-state index contributed by atoms with van der Waals surface area (Å²) in [5.41, 5.74) is 9.65. The summed E-state index contributed by atoms with van der Waals surface area (Å²) in [6, 6.07) is 25.4. The number of rotatable bonds is 9. The van der Waals surface area contributed by atoms with Gasteiger partial charge in [0.2, 0.25) is 0 Å². The third-order valence-electron chi connectivity index (χ3n) is 6.05. The van der Waals surface area contributed by atoms with Crippen molar-refractivity contribution in [3.05, 3.63) is 101 Å². The van der Waals surface area contributed by atoms with Crippen molar-refractivity contribution < 1.29 is 4.79 Å². The number of hydrogen-bond acceptors (Lipinski definition) is 3. The van der Waals surface area contributed by atoms with E-state index in [1.165, 1.54) is 5.56 Å². The van der Waals surface area contributed by atoms with E-state index in [0.717, 1.165) is 16.9 Å². The van der Waals surface area contributed by atoms with E-state index in [2.05, 4.69) is 36.6 Å². The van der Waals surface area contributed by atoms with Gasteiger partial charge in [-0.3, -0.25) is 4.79 Å². The van der Waals surface area contributed by atoms with E-state index in [1.54, 1.807) is 24.3 Å². The van der Waals surface area contributed by atoms with E-state index in [-0.39, 0.29) is 17.9 Å². The highest BCUT2D eigenvalue weighted by atomic mass is 35.5. The van der Waals surface area contributed by atoms with Crippen molar-refractivity contribution in [2.75, 3.05) is 13.1 Å². The standard InChI is InChI=1S/C28H31ClN4O/c1-20(2)26(32(18-8-17-30)28(34)22-13-15-23(29)16-14-22)27-31-24-11-6-7-12-25(24)33(27)19-21-9-4-3-5-10-21/h3-7,9-16,20,26H,8,17-19,30H2,1-2H3/t26-/m1/s1. The summed E-state index contributed by atoms with van der Waals surface area (Å²) < 4.78 is 2.25. The van der Waals surface area contributed by atoms with Crippen LogP contribution in [-0.2, 0) is 6.54 Å². The maximum Gasteiger partial charge on any atom is 0.254 e. The van der Waals surface area contributed by atoms with Gasteiger partial charge in [-0.05, 0) is 60.8 Å². The number of nitrogens with two attached hydrogens (primary N) is 1. The zero-order valence-electron chi connectivity index (χ0n) is 19.7. The number of hydrogen-bond donors (Lipinski definition) is 1. The maximum atomic E-state index is 13.8. The predicted octanol–water partition coefficient (Wildman–Crippen LogP) is 5.93. The van der Waals surface area contributed by atoms with Gasteiger partial charge in [-0.1, -0.05) is 67.9 Å². The van der Waals surface area contributed by atoms with Gasteiger partial charge in [-0.15, -0.1) is 0 Å². The molecule has 0 spiro atoms. The largest absolute Gasteiger partial charge is 0.330 e. The van der Waals surface area contributed by atoms with Gasteiger partial charge in [0.25, 0.3) is 5.91 Å². The molecule has 4 rings (SSSR count). The number of amides is 1. The van der Waals surface area contributed by atoms with Crippen molar-refractivity contribution in [1.82, 2.24) is 14.5 Å². The van der Waals surface area contributed by atoms with E-state index in [1.807, 2.05) is 41.3 Å². The zero-order chi connectivity index (χ0) is 24.1. The first-order valence-electron chi connectivity index (χ1n) is 11.7. The summed E-state index contributed by atoms with van der Waals surface area (Å²) in [6.45, 7) is 6.02. The number of nitrogens with zero attached hydrogens (tertiary/aromatic N) is 3. The number of halogens is 1. The van der Waals surface area contributed by atoms with Gasteiger partial charge in [0.05, 0.1) is 17.1 Å². The normalized spacial score (nSPS) is 12.3. The second kappa shape index (κ2) is 10.9. The lowest BCUT2D eigenvalue weighted by Crippen LogP contribution is -2.40. The zero-order valence-corrected chi connectivity index (χ0v) is 20.4. The van der Waals surface area contributed by atoms with Crippen LogP contribution in [0.15, 0.2) is 78.9 Å². The summed E-state index contributed by atoms with van der Waals surface area (Å²) in [5.74, 6) is 0.988. The Hall–Kier alpha value is -3.15. The SMILES string of the molecule is CC(C)[C@H](c1nc2ccccc2n1Cc1ccccc1)N(CCCN)C(=O)c1ccc(Cl)cc1. The van der Waals surface area contributed by atoms with Gasteiger partial charge in [-0.25, -0.2) is 4.98 Å². The molecule has 34 heavy (non-hydrogen) atoms. The average molecular weight is 475 g/mol. The molecular formula is C28H31ClN4O. The van der Waals surface area contributed by atoms with Crippen LogP contribution < -0.4 is 5.73 Å². The molecule has 0 bridgehead atoms. The Morgan fingerprint density at radius 2 is 1.68 bits per heavy atom. The van der Waals surface area contributed by atoms with Crippen molar-refractivity contribution in [3.63, 3.8) is 0 Å². The number of aromatic nitrogens is 2. The first kappa shape index (κ1) is 24.0. The van der Waals surface area contributed by atoms with E-state index >= 15 is 0 Å². The summed E-state index contributed by atoms with van der Waals surface area (Å²) in [5, 5.41) is 0.607. The molecule has 0 saturated carbocycles. The summed E-state index contributed by atoms with van der Waals surface area (Å²) >= 11 is 6.08. The number of fused-ring (bicyclic) bond motifs is 1. The quantitative estimate of drug-likeness (QED) is 0.327. The Morgan fingerprint density at radius 1 is 1.00 bits per heavy atom. The van der Waals surface area contributed by atoms with E-state index in [0.29, 0.717) is 36.6 Å².